The highest BCUT2D eigenvalue weighted by molar-refractivity contribution is 6.32. The third-order valence-electron chi connectivity index (χ3n) is 4.08. The maximum Gasteiger partial charge on any atom is 0.177 e. The van der Waals surface area contributed by atoms with E-state index in [0.717, 1.165) is 0 Å². The van der Waals surface area contributed by atoms with Gasteiger partial charge in [-0.3, -0.25) is 14.0 Å². The summed E-state index contributed by atoms with van der Waals surface area (Å²) in [5, 5.41) is 0. The van der Waals surface area contributed by atoms with E-state index in [4.69, 9.17) is 0 Å². The maximum atomic E-state index is 2.79. The number of unbranched alkanes of at least 4 members (excludes halogenated alkanes) is 4. The van der Waals surface area contributed by atoms with E-state index in [9.17, 15) is 0 Å². The fraction of sp³-hybridized carbons (Fsp3) is 1.00. The molecule has 0 radical (unpaired) electrons. The topological polar surface area (TPSA) is 9.72 Å². The van der Waals surface area contributed by atoms with Gasteiger partial charge in [0.2, 0.25) is 0 Å². The summed E-state index contributed by atoms with van der Waals surface area (Å²) in [6.07, 6.45) is 10.2. The zero-order valence-electron chi connectivity index (χ0n) is 13.7. The van der Waals surface area contributed by atoms with Crippen LogP contribution in [0.25, 0.3) is 0 Å². The molecule has 4 heteroatoms. The predicted octanol–water partition coefficient (Wildman–Crippen LogP) is 2.61. The van der Waals surface area contributed by atoms with E-state index >= 15 is 0 Å². The molecule has 0 bridgehead atoms. The van der Waals surface area contributed by atoms with Gasteiger partial charge in [-0.15, -0.1) is 0 Å². The minimum atomic E-state index is -0.105. The molecule has 0 aromatic carbocycles. The Morgan fingerprint density at radius 1 is 0.842 bits per heavy atom. The van der Waals surface area contributed by atoms with Crippen LogP contribution >= 0.6 is 0 Å². The second-order valence-corrected chi connectivity index (χ2v) is 7.91. The third-order valence-corrected chi connectivity index (χ3v) is 6.10. The molecule has 0 aromatic rings. The molecule has 1 aliphatic rings. The number of hydrogen-bond donors (Lipinski definition) is 0. The Morgan fingerprint density at radius 2 is 1.37 bits per heavy atom. The molecule has 0 saturated carbocycles. The van der Waals surface area contributed by atoms with E-state index in [2.05, 4.69) is 41.8 Å². The molecular weight excluding hydrogens is 250 g/mol. The van der Waals surface area contributed by atoms with E-state index < -0.39 is 0 Å². The van der Waals surface area contributed by atoms with Crippen molar-refractivity contribution < 1.29 is 0 Å². The average Bonchev–Trinajstić information content (AvgIpc) is 2.36. The number of nitrogens with zero attached hydrogens (tertiary/aromatic N) is 3. The van der Waals surface area contributed by atoms with Crippen molar-refractivity contribution in [3.05, 3.63) is 0 Å². The van der Waals surface area contributed by atoms with Gasteiger partial charge in [0.15, 0.2) is 9.84 Å². The molecular formula is C15H35N3Si. The lowest BCUT2D eigenvalue weighted by Gasteiger charge is -2.55. The maximum absolute atomic E-state index is 2.79. The van der Waals surface area contributed by atoms with Crippen LogP contribution in [0.5, 0.6) is 0 Å². The third kappa shape index (κ3) is 5.54. The highest BCUT2D eigenvalue weighted by atomic mass is 28.2. The highest BCUT2D eigenvalue weighted by Crippen LogP contribution is 2.21. The van der Waals surface area contributed by atoms with E-state index in [-0.39, 0.29) is 9.84 Å². The normalized spacial score (nSPS) is 22.3. The first-order valence-corrected chi connectivity index (χ1v) is 9.69. The fourth-order valence-electron chi connectivity index (χ4n) is 3.04. The van der Waals surface area contributed by atoms with Crippen molar-refractivity contribution in [2.45, 2.75) is 72.0 Å². The number of rotatable bonds is 11. The first kappa shape index (κ1) is 17.1. The zero-order valence-corrected chi connectivity index (χ0v) is 15.1. The van der Waals surface area contributed by atoms with E-state index in [0.29, 0.717) is 6.29 Å². The molecule has 0 N–H and O–H groups in total. The quantitative estimate of drug-likeness (QED) is 0.427. The van der Waals surface area contributed by atoms with Crippen molar-refractivity contribution in [1.29, 1.82) is 0 Å². The van der Waals surface area contributed by atoms with Gasteiger partial charge in [0.25, 0.3) is 0 Å². The van der Waals surface area contributed by atoms with Gasteiger partial charge in [-0.25, -0.2) is 0 Å². The van der Waals surface area contributed by atoms with Gasteiger partial charge in [0.05, 0.1) is 0 Å². The number of hydrogen-bond acceptors (Lipinski definition) is 3. The smallest absolute Gasteiger partial charge is 0.177 e. The molecule has 1 saturated heterocycles. The summed E-state index contributed by atoms with van der Waals surface area (Å²) in [4.78, 5) is 2.56. The van der Waals surface area contributed by atoms with Gasteiger partial charge in [-0.1, -0.05) is 46.5 Å². The van der Waals surface area contributed by atoms with E-state index in [1.54, 1.807) is 0 Å². The Bertz CT molecular complexity index is 209. The summed E-state index contributed by atoms with van der Waals surface area (Å²) in [6.45, 7) is 10.8. The minimum Gasteiger partial charge on any atom is -0.289 e. The van der Waals surface area contributed by atoms with Crippen LogP contribution in [0.2, 0.25) is 0 Å². The van der Waals surface area contributed by atoms with Gasteiger partial charge in [-0.2, -0.15) is 0 Å². The van der Waals surface area contributed by atoms with Gasteiger partial charge < -0.3 is 0 Å². The van der Waals surface area contributed by atoms with Crippen LogP contribution in [0.15, 0.2) is 0 Å². The molecule has 0 unspecified atom stereocenters. The SMILES string of the molecule is CCCCCN1[SiH2]N(CCCCC)C1N(C)CCC. The lowest BCUT2D eigenvalue weighted by Crippen LogP contribution is -2.72. The van der Waals surface area contributed by atoms with Crippen LogP contribution in [-0.2, 0) is 0 Å². The average molecular weight is 286 g/mol. The molecule has 1 aliphatic heterocycles. The minimum absolute atomic E-state index is 0.105. The molecule has 0 aromatic heterocycles. The summed E-state index contributed by atoms with van der Waals surface area (Å²) >= 11 is 0. The van der Waals surface area contributed by atoms with Crippen LogP contribution in [0.4, 0.5) is 0 Å². The van der Waals surface area contributed by atoms with Crippen LogP contribution in [-0.4, -0.2) is 56.8 Å². The Kier molecular flexibility index (Phi) is 8.95. The molecule has 1 heterocycles. The summed E-state index contributed by atoms with van der Waals surface area (Å²) in [5.74, 6) is 0. The zero-order chi connectivity index (χ0) is 14.1. The highest BCUT2D eigenvalue weighted by Gasteiger charge is 2.37. The predicted molar refractivity (Wildman–Crippen MR) is 87.7 cm³/mol. The van der Waals surface area contributed by atoms with Crippen molar-refractivity contribution in [2.75, 3.05) is 26.7 Å². The van der Waals surface area contributed by atoms with E-state index in [1.807, 2.05) is 0 Å². The first-order chi connectivity index (χ1) is 9.24. The van der Waals surface area contributed by atoms with Crippen molar-refractivity contribution in [3.8, 4) is 0 Å². The van der Waals surface area contributed by atoms with Crippen molar-refractivity contribution in [2.24, 2.45) is 0 Å². The van der Waals surface area contributed by atoms with Crippen molar-refractivity contribution in [1.82, 2.24) is 14.0 Å². The molecule has 0 aliphatic carbocycles. The van der Waals surface area contributed by atoms with Gasteiger partial charge in [0, 0.05) is 6.54 Å². The largest absolute Gasteiger partial charge is 0.289 e. The van der Waals surface area contributed by atoms with Crippen molar-refractivity contribution in [3.63, 3.8) is 0 Å². The van der Waals surface area contributed by atoms with Gasteiger partial charge in [0.1, 0.15) is 6.29 Å². The molecule has 0 amide bonds. The van der Waals surface area contributed by atoms with E-state index in [1.165, 1.54) is 64.6 Å². The van der Waals surface area contributed by atoms with Gasteiger partial charge >= 0.3 is 0 Å². The molecule has 1 fully saturated rings. The van der Waals surface area contributed by atoms with Crippen LogP contribution in [0, 0.1) is 0 Å². The van der Waals surface area contributed by atoms with Crippen molar-refractivity contribution >= 4 is 9.84 Å². The summed E-state index contributed by atoms with van der Waals surface area (Å²) < 4.78 is 5.58. The summed E-state index contributed by atoms with van der Waals surface area (Å²) in [6, 6.07) is 0. The monoisotopic (exact) mass is 285 g/mol. The van der Waals surface area contributed by atoms with Gasteiger partial charge in [-0.05, 0) is 39.4 Å². The molecule has 0 atom stereocenters. The Balaban J connectivity index is 2.36. The Hall–Kier alpha value is 0.0969. The fourth-order valence-corrected chi connectivity index (χ4v) is 5.24. The summed E-state index contributed by atoms with van der Waals surface area (Å²) in [7, 11) is 2.20. The first-order valence-electron chi connectivity index (χ1n) is 8.42. The second kappa shape index (κ2) is 9.92. The molecule has 114 valence electrons. The summed E-state index contributed by atoms with van der Waals surface area (Å²) in [5.41, 5.74) is 0. The lowest BCUT2D eigenvalue weighted by atomic mass is 10.2. The molecule has 19 heavy (non-hydrogen) atoms. The van der Waals surface area contributed by atoms with Crippen LogP contribution in [0.3, 0.4) is 0 Å². The Morgan fingerprint density at radius 3 is 1.79 bits per heavy atom. The molecule has 3 nitrogen and oxygen atoms in total. The molecule has 1 rings (SSSR count). The standard InChI is InChI=1S/C15H35N3Si/c1-5-8-10-13-17-15(16(4)12-7-3)18(19-17)14-11-9-6-2/h15H,5-14,19H2,1-4H3. The second-order valence-electron chi connectivity index (χ2n) is 6.01. The Labute approximate surface area is 123 Å². The van der Waals surface area contributed by atoms with Crippen LogP contribution < -0.4 is 0 Å². The molecule has 0 spiro atoms. The van der Waals surface area contributed by atoms with Crippen LogP contribution in [0.1, 0.15) is 65.7 Å². The lowest BCUT2D eigenvalue weighted by molar-refractivity contribution is -0.0300.